The summed E-state index contributed by atoms with van der Waals surface area (Å²) < 4.78 is 27.0. The smallest absolute Gasteiger partial charge is 0.268 e. The third-order valence-electron chi connectivity index (χ3n) is 2.41. The van der Waals surface area contributed by atoms with Crippen LogP contribution < -0.4 is 4.72 Å². The van der Waals surface area contributed by atoms with Gasteiger partial charge in [0, 0.05) is 18.2 Å². The molecule has 0 aromatic carbocycles. The van der Waals surface area contributed by atoms with E-state index in [1.54, 1.807) is 12.3 Å². The lowest BCUT2D eigenvalue weighted by Crippen LogP contribution is -2.28. The molecule has 0 amide bonds. The minimum atomic E-state index is -3.36. The molecule has 72 valence electrons. The zero-order valence-corrected chi connectivity index (χ0v) is 8.08. The Bertz CT molecular complexity index is 523. The summed E-state index contributed by atoms with van der Waals surface area (Å²) in [6.45, 7) is 0. The van der Waals surface area contributed by atoms with Gasteiger partial charge < -0.3 is 0 Å². The number of rotatable bonds is 0. The van der Waals surface area contributed by atoms with Gasteiger partial charge in [-0.3, -0.25) is 4.72 Å². The van der Waals surface area contributed by atoms with Crippen molar-refractivity contribution in [1.29, 1.82) is 0 Å². The van der Waals surface area contributed by atoms with Gasteiger partial charge in [-0.1, -0.05) is 18.2 Å². The van der Waals surface area contributed by atoms with E-state index in [0.717, 1.165) is 17.0 Å². The van der Waals surface area contributed by atoms with Crippen molar-refractivity contribution in [2.24, 2.45) is 0 Å². The Kier molecular flexibility index (Phi) is 1.29. The van der Waals surface area contributed by atoms with Crippen molar-refractivity contribution in [2.75, 3.05) is 0 Å². The summed E-state index contributed by atoms with van der Waals surface area (Å²) in [6, 6.07) is 0. The number of allylic oxidation sites excluding steroid dienone is 4. The molecule has 0 atom stereocenters. The van der Waals surface area contributed by atoms with Gasteiger partial charge in [-0.15, -0.1) is 0 Å². The van der Waals surface area contributed by atoms with E-state index in [2.05, 4.69) is 4.72 Å². The highest BCUT2D eigenvalue weighted by molar-refractivity contribution is 7.87. The minimum absolute atomic E-state index is 0.649. The highest BCUT2D eigenvalue weighted by Gasteiger charge is 2.36. The van der Waals surface area contributed by atoms with E-state index in [1.807, 2.05) is 18.2 Å². The molecule has 0 spiro atoms. The Morgan fingerprint density at radius 1 is 1.43 bits per heavy atom. The molecule has 0 saturated heterocycles. The van der Waals surface area contributed by atoms with Crippen molar-refractivity contribution >= 4 is 10.2 Å². The standard InChI is InChI=1S/C9H8N2O2S/c12-14(13)10-8-5-1-3-7-4-2-6-11(14)9(7)8/h1-4,6,10H,5H2. The fraction of sp³-hybridized carbons (Fsp3) is 0.111. The first kappa shape index (κ1) is 7.87. The molecule has 0 aromatic heterocycles. The second kappa shape index (κ2) is 2.30. The zero-order chi connectivity index (χ0) is 9.76. The van der Waals surface area contributed by atoms with Crippen molar-refractivity contribution < 1.29 is 8.42 Å². The second-order valence-corrected chi connectivity index (χ2v) is 4.85. The zero-order valence-electron chi connectivity index (χ0n) is 7.27. The number of hydrogen-bond donors (Lipinski definition) is 1. The maximum Gasteiger partial charge on any atom is 0.327 e. The quantitative estimate of drug-likeness (QED) is 0.639. The van der Waals surface area contributed by atoms with E-state index in [0.29, 0.717) is 6.42 Å². The molecule has 3 aliphatic rings. The highest BCUT2D eigenvalue weighted by atomic mass is 32.2. The fourth-order valence-electron chi connectivity index (χ4n) is 1.84. The molecule has 0 bridgehead atoms. The van der Waals surface area contributed by atoms with Crippen LogP contribution >= 0.6 is 0 Å². The van der Waals surface area contributed by atoms with Crippen LogP contribution in [0, 0.1) is 0 Å². The van der Waals surface area contributed by atoms with E-state index in [9.17, 15) is 8.42 Å². The monoisotopic (exact) mass is 208 g/mol. The molecule has 0 aromatic rings. The topological polar surface area (TPSA) is 49.4 Å². The maximum atomic E-state index is 11.6. The van der Waals surface area contributed by atoms with Gasteiger partial charge in [0.25, 0.3) is 0 Å². The van der Waals surface area contributed by atoms with Gasteiger partial charge >= 0.3 is 10.2 Å². The lowest BCUT2D eigenvalue weighted by Gasteiger charge is -2.20. The molecule has 4 nitrogen and oxygen atoms in total. The SMILES string of the molecule is O=S1(=O)NC2=C3C(=CC=CN31)C=CC2. The number of hydrogen-bond acceptors (Lipinski definition) is 2. The molecule has 0 unspecified atom stereocenters. The van der Waals surface area contributed by atoms with Gasteiger partial charge in [0.05, 0.1) is 11.4 Å². The third kappa shape index (κ3) is 0.846. The molecule has 5 heteroatoms. The summed E-state index contributed by atoms with van der Waals surface area (Å²) in [5, 5.41) is 0. The molecule has 0 radical (unpaired) electrons. The molecule has 3 rings (SSSR count). The number of nitrogens with zero attached hydrogens (tertiary/aromatic N) is 1. The van der Waals surface area contributed by atoms with Crippen LogP contribution in [0.1, 0.15) is 6.42 Å². The van der Waals surface area contributed by atoms with Crippen LogP contribution in [0.15, 0.2) is 47.5 Å². The predicted molar refractivity (Wildman–Crippen MR) is 51.9 cm³/mol. The average molecular weight is 208 g/mol. The normalized spacial score (nSPS) is 26.0. The van der Waals surface area contributed by atoms with Gasteiger partial charge in [0.2, 0.25) is 0 Å². The summed E-state index contributed by atoms with van der Waals surface area (Å²) in [5.74, 6) is 0. The van der Waals surface area contributed by atoms with Crippen LogP contribution in [-0.4, -0.2) is 12.7 Å². The lowest BCUT2D eigenvalue weighted by atomic mass is 10.0. The van der Waals surface area contributed by atoms with Crippen LogP contribution in [0.5, 0.6) is 0 Å². The molecule has 1 N–H and O–H groups in total. The highest BCUT2D eigenvalue weighted by Crippen LogP contribution is 2.35. The average Bonchev–Trinajstić information content (AvgIpc) is 2.41. The van der Waals surface area contributed by atoms with Gasteiger partial charge in [-0.25, -0.2) is 4.31 Å². The summed E-state index contributed by atoms with van der Waals surface area (Å²) in [5.41, 5.74) is 2.49. The molecular formula is C9H8N2O2S. The van der Waals surface area contributed by atoms with Crippen molar-refractivity contribution in [2.45, 2.75) is 6.42 Å². The predicted octanol–water partition coefficient (Wildman–Crippen LogP) is 0.762. The van der Waals surface area contributed by atoms with Gasteiger partial charge in [0.15, 0.2) is 0 Å². The van der Waals surface area contributed by atoms with Gasteiger partial charge in [-0.05, 0) is 6.08 Å². The van der Waals surface area contributed by atoms with E-state index in [1.165, 1.54) is 4.31 Å². The van der Waals surface area contributed by atoms with Crippen molar-refractivity contribution in [1.82, 2.24) is 9.03 Å². The lowest BCUT2D eigenvalue weighted by molar-refractivity contribution is 0.548. The van der Waals surface area contributed by atoms with Gasteiger partial charge in [-0.2, -0.15) is 8.42 Å². The van der Waals surface area contributed by atoms with Crippen LogP contribution in [-0.2, 0) is 10.2 Å². The summed E-state index contributed by atoms with van der Waals surface area (Å²) in [4.78, 5) is 0. The van der Waals surface area contributed by atoms with Crippen molar-refractivity contribution in [3.8, 4) is 0 Å². The first-order valence-electron chi connectivity index (χ1n) is 4.29. The van der Waals surface area contributed by atoms with Crippen LogP contribution in [0.3, 0.4) is 0 Å². The first-order valence-corrected chi connectivity index (χ1v) is 5.73. The molecule has 2 aliphatic heterocycles. The third-order valence-corrected chi connectivity index (χ3v) is 3.73. The molecule has 0 saturated carbocycles. The molecule has 1 aliphatic carbocycles. The molecule has 0 fully saturated rings. The second-order valence-electron chi connectivity index (χ2n) is 3.30. The summed E-state index contributed by atoms with van der Waals surface area (Å²) >= 11 is 0. The van der Waals surface area contributed by atoms with Crippen LogP contribution in [0.4, 0.5) is 0 Å². The summed E-state index contributed by atoms with van der Waals surface area (Å²) in [6.07, 6.45) is 9.75. The van der Waals surface area contributed by atoms with Crippen LogP contribution in [0.2, 0.25) is 0 Å². The van der Waals surface area contributed by atoms with E-state index in [4.69, 9.17) is 0 Å². The Hall–Kier alpha value is -1.49. The van der Waals surface area contributed by atoms with Crippen molar-refractivity contribution in [3.63, 3.8) is 0 Å². The Balaban J connectivity index is 2.25. The molecular weight excluding hydrogens is 200 g/mol. The van der Waals surface area contributed by atoms with E-state index in [-0.39, 0.29) is 0 Å². The molecule has 14 heavy (non-hydrogen) atoms. The number of nitrogens with one attached hydrogen (secondary N) is 1. The Morgan fingerprint density at radius 2 is 2.29 bits per heavy atom. The fourth-order valence-corrected chi connectivity index (χ4v) is 3.12. The van der Waals surface area contributed by atoms with E-state index >= 15 is 0 Å². The minimum Gasteiger partial charge on any atom is -0.268 e. The largest absolute Gasteiger partial charge is 0.327 e. The van der Waals surface area contributed by atoms with Crippen LogP contribution in [0.25, 0.3) is 0 Å². The summed E-state index contributed by atoms with van der Waals surface area (Å²) in [7, 11) is -3.36. The van der Waals surface area contributed by atoms with E-state index < -0.39 is 10.2 Å². The Labute approximate surface area is 82.1 Å². The van der Waals surface area contributed by atoms with Gasteiger partial charge in [0.1, 0.15) is 0 Å². The Morgan fingerprint density at radius 3 is 3.14 bits per heavy atom. The molecule has 2 heterocycles. The maximum absolute atomic E-state index is 11.6. The first-order chi connectivity index (χ1) is 6.68. The van der Waals surface area contributed by atoms with Crippen molar-refractivity contribution in [3.05, 3.63) is 47.5 Å².